The maximum atomic E-state index is 13.0. The molecule has 1 unspecified atom stereocenters. The molecule has 69 heavy (non-hydrogen) atoms. The lowest BCUT2D eigenvalue weighted by molar-refractivity contribution is -0.152. The molecule has 8 heteroatoms. The molecule has 0 aromatic heterocycles. The molecule has 398 valence electrons. The van der Waals surface area contributed by atoms with E-state index in [-0.39, 0.29) is 42.3 Å². The summed E-state index contributed by atoms with van der Waals surface area (Å²) in [5.41, 5.74) is 2.27. The molecule has 1 saturated heterocycles. The summed E-state index contributed by atoms with van der Waals surface area (Å²) in [6.45, 7) is 25.3. The van der Waals surface area contributed by atoms with E-state index < -0.39 is 0 Å². The van der Waals surface area contributed by atoms with E-state index in [1.807, 2.05) is 0 Å². The third-order valence-electron chi connectivity index (χ3n) is 17.2. The first-order valence-electron chi connectivity index (χ1n) is 29.4. The maximum Gasteiger partial charge on any atom is 0.306 e. The van der Waals surface area contributed by atoms with Crippen molar-refractivity contribution >= 4 is 11.9 Å². The zero-order valence-corrected chi connectivity index (χ0v) is 46.2. The molecule has 5 rings (SSSR count). The van der Waals surface area contributed by atoms with E-state index >= 15 is 0 Å². The summed E-state index contributed by atoms with van der Waals surface area (Å²) >= 11 is 0. The van der Waals surface area contributed by atoms with E-state index in [1.165, 1.54) is 116 Å². The molecule has 1 N–H and O–H groups in total. The third-order valence-corrected chi connectivity index (χ3v) is 17.2. The number of rotatable bonds is 32. The first kappa shape index (κ1) is 59.6. The zero-order chi connectivity index (χ0) is 49.7. The van der Waals surface area contributed by atoms with E-state index in [0.29, 0.717) is 38.4 Å². The predicted molar refractivity (Wildman–Crippen MR) is 288 cm³/mol. The van der Waals surface area contributed by atoms with Crippen LogP contribution in [0.25, 0.3) is 0 Å². The molecule has 8 nitrogen and oxygen atoms in total. The van der Waals surface area contributed by atoms with Crippen molar-refractivity contribution in [1.29, 1.82) is 0 Å². The summed E-state index contributed by atoms with van der Waals surface area (Å²) in [7, 11) is 0. The van der Waals surface area contributed by atoms with Crippen LogP contribution < -0.4 is 5.32 Å². The Bertz CT molecular complexity index is 1490. The second-order valence-electron chi connectivity index (χ2n) is 23.2. The number of nitrogens with zero attached hydrogens (tertiary/aromatic N) is 1. The number of esters is 1. The first-order chi connectivity index (χ1) is 33.4. The molecule has 0 spiro atoms. The Balaban J connectivity index is 0.00000336. The van der Waals surface area contributed by atoms with Crippen LogP contribution in [0.2, 0.25) is 0 Å². The Morgan fingerprint density at radius 3 is 2.30 bits per heavy atom. The molecule has 9 atom stereocenters. The molecule has 1 aliphatic heterocycles. The van der Waals surface area contributed by atoms with Crippen LogP contribution in [0, 0.1) is 46.3 Å². The second-order valence-corrected chi connectivity index (χ2v) is 23.2. The molecule has 5 aliphatic rings. The molecule has 4 aliphatic carbocycles. The maximum absolute atomic E-state index is 13.0. The number of piperidine rings is 1. The Hall–Kier alpha value is -2.00. The quantitative estimate of drug-likeness (QED) is 0.0408. The number of amides is 1. The van der Waals surface area contributed by atoms with Gasteiger partial charge < -0.3 is 29.2 Å². The molecule has 0 bridgehead atoms. The largest absolute Gasteiger partial charge is 0.462 e. The van der Waals surface area contributed by atoms with Gasteiger partial charge in [0.25, 0.3) is 0 Å². The Morgan fingerprint density at radius 1 is 0.783 bits per heavy atom. The summed E-state index contributed by atoms with van der Waals surface area (Å²) in [6, 6.07) is 0. The fourth-order valence-corrected chi connectivity index (χ4v) is 13.5. The van der Waals surface area contributed by atoms with Gasteiger partial charge in [0.05, 0.1) is 39.0 Å². The average Bonchev–Trinajstić information content (AvgIpc) is 3.69. The number of allylic oxidation sites excluding steroid dienone is 5. The highest BCUT2D eigenvalue weighted by molar-refractivity contribution is 5.81. The minimum Gasteiger partial charge on any atom is -0.462 e. The zero-order valence-electron chi connectivity index (χ0n) is 46.2. The number of likely N-dealkylation sites (tertiary alicyclic amines) is 1. The van der Waals surface area contributed by atoms with Crippen molar-refractivity contribution in [1.82, 2.24) is 10.2 Å². The van der Waals surface area contributed by atoms with Crippen LogP contribution in [0.4, 0.5) is 0 Å². The van der Waals surface area contributed by atoms with E-state index in [2.05, 4.69) is 96.0 Å². The number of carbonyl (C=O) groups is 2. The summed E-state index contributed by atoms with van der Waals surface area (Å²) in [4.78, 5) is 28.1. The number of hydrogen-bond donors (Lipinski definition) is 1. The third kappa shape index (κ3) is 20.8. The highest BCUT2D eigenvalue weighted by Gasteiger charge is 2.59. The minimum atomic E-state index is -0.252. The average molecular weight is 966 g/mol. The molecule has 0 radical (unpaired) electrons. The van der Waals surface area contributed by atoms with Gasteiger partial charge in [-0.15, -0.1) is 0 Å². The van der Waals surface area contributed by atoms with Gasteiger partial charge in [0.1, 0.15) is 6.10 Å². The molecule has 3 saturated carbocycles. The van der Waals surface area contributed by atoms with Gasteiger partial charge in [-0.25, -0.2) is 0 Å². The highest BCUT2D eigenvalue weighted by atomic mass is 16.6. The Morgan fingerprint density at radius 2 is 1.54 bits per heavy atom. The first-order valence-corrected chi connectivity index (χ1v) is 29.4. The van der Waals surface area contributed by atoms with Gasteiger partial charge in [0, 0.05) is 32.5 Å². The molecule has 4 fully saturated rings. The fraction of sp³-hybridized carbons (Fsp3) is 0.869. The van der Waals surface area contributed by atoms with Crippen LogP contribution in [0.15, 0.2) is 36.0 Å². The van der Waals surface area contributed by atoms with E-state index in [0.717, 1.165) is 100 Å². The van der Waals surface area contributed by atoms with Crippen LogP contribution in [-0.2, 0) is 28.5 Å². The standard InChI is InChI=1S/C58H100N2O6.C3H8/c1-7-8-9-10-11-12-13-14-15-16-17-18-22-39-64-45-50(44-60-37-20-19-21-38-60)65-42-41-63-40-36-59-55(61)30-31-56(62)66-49-32-34-57(5)48(43-49)26-27-51-53-29-28-52(47(4)25-23-24-46(2)3)58(53,6)35-33-54(51)57;1-3-2/h8-9,11-12,26,46-47,49-54H,7,10,13-25,27-45H2,1-6H3,(H,59,61);3H2,1-2H3/b9-8-,12-11-;/t47-,49+,50?,51+,52-,53+,54+,57+,58-;/m1./s1. The number of fused-ring (bicyclic) bond motifs is 5. The van der Waals surface area contributed by atoms with Gasteiger partial charge in [0.15, 0.2) is 0 Å². The van der Waals surface area contributed by atoms with E-state index in [9.17, 15) is 9.59 Å². The van der Waals surface area contributed by atoms with Gasteiger partial charge in [-0.2, -0.15) is 0 Å². The van der Waals surface area contributed by atoms with Gasteiger partial charge >= 0.3 is 5.97 Å². The van der Waals surface area contributed by atoms with Crippen LogP contribution in [0.3, 0.4) is 0 Å². The summed E-state index contributed by atoms with van der Waals surface area (Å²) < 4.78 is 24.3. The van der Waals surface area contributed by atoms with Crippen LogP contribution in [0.1, 0.15) is 222 Å². The van der Waals surface area contributed by atoms with Crippen molar-refractivity contribution in [3.05, 3.63) is 36.0 Å². The number of hydrogen-bond acceptors (Lipinski definition) is 7. The van der Waals surface area contributed by atoms with Crippen molar-refractivity contribution < 1.29 is 28.5 Å². The highest BCUT2D eigenvalue weighted by Crippen LogP contribution is 2.67. The normalized spacial score (nSPS) is 27.8. The topological polar surface area (TPSA) is 86.3 Å². The van der Waals surface area contributed by atoms with Gasteiger partial charge in [-0.3, -0.25) is 9.59 Å². The SMILES string of the molecule is CC/C=C\C/C=C\CCCCCCCCOCC(CN1CCCCC1)OCCOCCNC(=O)CCC(=O)O[C@H]1CC[C@@]2(C)C(=CC[C@H]3[C@@H]4CC[C@H]([C@H](C)CCCC(C)C)[C@@]4(C)CC[C@@H]32)C1.CCC. The van der Waals surface area contributed by atoms with Crippen molar-refractivity contribution in [2.24, 2.45) is 46.3 Å². The van der Waals surface area contributed by atoms with E-state index in [1.54, 1.807) is 5.57 Å². The smallest absolute Gasteiger partial charge is 0.306 e. The van der Waals surface area contributed by atoms with E-state index in [4.69, 9.17) is 18.9 Å². The van der Waals surface area contributed by atoms with Crippen molar-refractivity contribution in [3.8, 4) is 0 Å². The van der Waals surface area contributed by atoms with Crippen molar-refractivity contribution in [2.45, 2.75) is 235 Å². The Labute approximate surface area is 425 Å². The van der Waals surface area contributed by atoms with Crippen molar-refractivity contribution in [3.63, 3.8) is 0 Å². The lowest BCUT2D eigenvalue weighted by Crippen LogP contribution is -2.51. The number of unbranched alkanes of at least 4 members (excludes halogenated alkanes) is 6. The lowest BCUT2D eigenvalue weighted by atomic mass is 9.47. The fourth-order valence-electron chi connectivity index (χ4n) is 13.5. The summed E-state index contributed by atoms with van der Waals surface area (Å²) in [6.07, 6.45) is 41.7. The second kappa shape index (κ2) is 33.7. The van der Waals surface area contributed by atoms with Crippen LogP contribution in [0.5, 0.6) is 0 Å². The molecular formula is C61H108N2O6. The molecular weight excluding hydrogens is 857 g/mol. The van der Waals surface area contributed by atoms with Crippen molar-refractivity contribution in [2.75, 3.05) is 59.2 Å². The number of ether oxygens (including phenoxy) is 4. The van der Waals surface area contributed by atoms with Gasteiger partial charge in [0.2, 0.25) is 5.91 Å². The lowest BCUT2D eigenvalue weighted by Gasteiger charge is -2.58. The molecule has 0 aromatic rings. The molecule has 1 heterocycles. The van der Waals surface area contributed by atoms with Crippen LogP contribution >= 0.6 is 0 Å². The summed E-state index contributed by atoms with van der Waals surface area (Å²) in [5.74, 6) is 4.54. The van der Waals surface area contributed by atoms with Gasteiger partial charge in [-0.05, 0) is 149 Å². The predicted octanol–water partition coefficient (Wildman–Crippen LogP) is 14.8. The molecule has 0 aromatic carbocycles. The monoisotopic (exact) mass is 965 g/mol. The van der Waals surface area contributed by atoms with Gasteiger partial charge in [-0.1, -0.05) is 149 Å². The number of carbonyl (C=O) groups excluding carboxylic acids is 2. The number of nitrogens with one attached hydrogen (secondary N) is 1. The Kier molecular flexibility index (Phi) is 29.1. The summed E-state index contributed by atoms with van der Waals surface area (Å²) in [5, 5.41) is 2.92. The van der Waals surface area contributed by atoms with Crippen LogP contribution in [-0.4, -0.2) is 88.2 Å². The molecule has 1 amide bonds. The minimum absolute atomic E-state index is 0.0354.